The molecular weight excluding hydrogens is 256 g/mol. The molecule has 3 rings (SSSR count). The molecule has 1 N–H and O–H groups in total. The van der Waals surface area contributed by atoms with Gasteiger partial charge >= 0.3 is 0 Å². The Balaban J connectivity index is 1.89. The highest BCUT2D eigenvalue weighted by Gasteiger charge is 2.34. The number of hydrogen-bond donors (Lipinski definition) is 1. The minimum Gasteiger partial charge on any atom is -0.312 e. The molecule has 21 heavy (non-hydrogen) atoms. The molecule has 2 heteroatoms. The van der Waals surface area contributed by atoms with E-state index < -0.39 is 0 Å². The maximum Gasteiger partial charge on any atom is 0.0478 e. The summed E-state index contributed by atoms with van der Waals surface area (Å²) in [4.78, 5) is 2.82. The van der Waals surface area contributed by atoms with Crippen LogP contribution in [0.15, 0.2) is 24.3 Å². The lowest BCUT2D eigenvalue weighted by Crippen LogP contribution is -2.47. The number of benzene rings is 1. The second-order valence-electron chi connectivity index (χ2n) is 6.69. The van der Waals surface area contributed by atoms with Crippen LogP contribution in [0.4, 0.5) is 0 Å². The lowest BCUT2D eigenvalue weighted by molar-refractivity contribution is 0.108. The van der Waals surface area contributed by atoms with Gasteiger partial charge in [0.1, 0.15) is 0 Å². The zero-order chi connectivity index (χ0) is 14.7. The van der Waals surface area contributed by atoms with E-state index in [4.69, 9.17) is 0 Å². The fourth-order valence-electron chi connectivity index (χ4n) is 4.65. The summed E-state index contributed by atoms with van der Waals surface area (Å²) in [6.07, 6.45) is 9.55. The highest BCUT2D eigenvalue weighted by molar-refractivity contribution is 5.32. The quantitative estimate of drug-likeness (QED) is 0.844. The molecule has 2 unspecified atom stereocenters. The third-order valence-corrected chi connectivity index (χ3v) is 5.62. The Labute approximate surface area is 129 Å². The van der Waals surface area contributed by atoms with Crippen LogP contribution in [-0.4, -0.2) is 30.6 Å². The van der Waals surface area contributed by atoms with Crippen LogP contribution in [0.3, 0.4) is 0 Å². The van der Waals surface area contributed by atoms with Crippen LogP contribution in [0.2, 0.25) is 0 Å². The molecule has 2 atom stereocenters. The second-order valence-corrected chi connectivity index (χ2v) is 6.69. The van der Waals surface area contributed by atoms with Gasteiger partial charge in [0.15, 0.2) is 0 Å². The Hall–Kier alpha value is -0.860. The molecule has 0 bridgehead atoms. The first kappa shape index (κ1) is 15.1. The summed E-state index contributed by atoms with van der Waals surface area (Å²) < 4.78 is 0. The number of hydrogen-bond acceptors (Lipinski definition) is 2. The first-order valence-electron chi connectivity index (χ1n) is 8.86. The Bertz CT molecular complexity index is 451. The first-order chi connectivity index (χ1) is 10.3. The predicted molar refractivity (Wildman–Crippen MR) is 89.6 cm³/mol. The lowest BCUT2D eigenvalue weighted by atomic mass is 9.94. The number of aryl methyl sites for hydroxylation is 1. The van der Waals surface area contributed by atoms with E-state index in [9.17, 15) is 0 Å². The molecule has 1 aromatic rings. The van der Waals surface area contributed by atoms with Crippen molar-refractivity contribution in [2.45, 2.75) is 70.0 Å². The van der Waals surface area contributed by atoms with E-state index in [-0.39, 0.29) is 0 Å². The maximum atomic E-state index is 3.65. The number of rotatable bonds is 4. The van der Waals surface area contributed by atoms with Gasteiger partial charge in [0.25, 0.3) is 0 Å². The minimum absolute atomic E-state index is 0.490. The van der Waals surface area contributed by atoms with E-state index in [1.807, 2.05) is 0 Å². The summed E-state index contributed by atoms with van der Waals surface area (Å²) in [7, 11) is 2.14. The minimum atomic E-state index is 0.490. The summed E-state index contributed by atoms with van der Waals surface area (Å²) in [5, 5.41) is 3.65. The van der Waals surface area contributed by atoms with Gasteiger partial charge < -0.3 is 5.32 Å². The molecule has 1 aromatic carbocycles. The molecule has 2 aliphatic rings. The SMILES string of the molecule is CCN(C1CCCC1)C1CCCc2ccccc2C1NC. The third-order valence-electron chi connectivity index (χ3n) is 5.62. The van der Waals surface area contributed by atoms with Crippen molar-refractivity contribution in [1.82, 2.24) is 10.2 Å². The Morgan fingerprint density at radius 1 is 1.10 bits per heavy atom. The van der Waals surface area contributed by atoms with Crippen molar-refractivity contribution in [2.24, 2.45) is 0 Å². The van der Waals surface area contributed by atoms with Gasteiger partial charge in [-0.05, 0) is 56.8 Å². The van der Waals surface area contributed by atoms with Gasteiger partial charge in [-0.2, -0.15) is 0 Å². The van der Waals surface area contributed by atoms with Crippen LogP contribution in [0, 0.1) is 0 Å². The molecule has 0 radical (unpaired) electrons. The standard InChI is InChI=1S/C19H30N2/c1-3-21(16-11-5-6-12-16)18-14-8-10-15-9-4-7-13-17(15)19(18)20-2/h4,7,9,13,16,18-20H,3,5-6,8,10-12,14H2,1-2H3. The summed E-state index contributed by atoms with van der Waals surface area (Å²) in [5.74, 6) is 0. The lowest BCUT2D eigenvalue weighted by Gasteiger charge is -2.40. The van der Waals surface area contributed by atoms with E-state index in [0.717, 1.165) is 6.04 Å². The molecule has 1 fully saturated rings. The Morgan fingerprint density at radius 2 is 1.86 bits per heavy atom. The number of likely N-dealkylation sites (N-methyl/N-ethyl adjacent to an activating group) is 2. The number of nitrogens with zero attached hydrogens (tertiary/aromatic N) is 1. The highest BCUT2D eigenvalue weighted by atomic mass is 15.2. The smallest absolute Gasteiger partial charge is 0.0478 e. The summed E-state index contributed by atoms with van der Waals surface area (Å²) in [5.41, 5.74) is 3.10. The van der Waals surface area contributed by atoms with Crippen molar-refractivity contribution in [3.05, 3.63) is 35.4 Å². The van der Waals surface area contributed by atoms with Crippen molar-refractivity contribution in [1.29, 1.82) is 0 Å². The first-order valence-corrected chi connectivity index (χ1v) is 8.86. The maximum absolute atomic E-state index is 3.65. The topological polar surface area (TPSA) is 15.3 Å². The van der Waals surface area contributed by atoms with Gasteiger partial charge in [-0.1, -0.05) is 44.0 Å². The number of nitrogens with one attached hydrogen (secondary N) is 1. The molecule has 1 saturated carbocycles. The molecule has 0 saturated heterocycles. The fourth-order valence-corrected chi connectivity index (χ4v) is 4.65. The number of fused-ring (bicyclic) bond motifs is 1. The van der Waals surface area contributed by atoms with Gasteiger partial charge in [-0.15, -0.1) is 0 Å². The van der Waals surface area contributed by atoms with Crippen molar-refractivity contribution in [2.75, 3.05) is 13.6 Å². The van der Waals surface area contributed by atoms with E-state index >= 15 is 0 Å². The molecule has 116 valence electrons. The van der Waals surface area contributed by atoms with Gasteiger partial charge in [0, 0.05) is 18.1 Å². The van der Waals surface area contributed by atoms with Crippen LogP contribution in [0.25, 0.3) is 0 Å². The highest BCUT2D eigenvalue weighted by Crippen LogP contribution is 2.35. The van der Waals surface area contributed by atoms with Crippen LogP contribution < -0.4 is 5.32 Å². The summed E-state index contributed by atoms with van der Waals surface area (Å²) in [6.45, 7) is 3.54. The molecule has 2 aliphatic carbocycles. The van der Waals surface area contributed by atoms with Gasteiger partial charge in [-0.25, -0.2) is 0 Å². The molecule has 0 spiro atoms. The van der Waals surface area contributed by atoms with Crippen molar-refractivity contribution >= 4 is 0 Å². The molecule has 0 amide bonds. The van der Waals surface area contributed by atoms with E-state index in [0.29, 0.717) is 12.1 Å². The van der Waals surface area contributed by atoms with E-state index in [1.54, 1.807) is 11.1 Å². The molecule has 0 aromatic heterocycles. The van der Waals surface area contributed by atoms with Gasteiger partial charge in [0.2, 0.25) is 0 Å². The molecule has 2 nitrogen and oxygen atoms in total. The molecule has 0 heterocycles. The summed E-state index contributed by atoms with van der Waals surface area (Å²) in [6, 6.07) is 11.0. The van der Waals surface area contributed by atoms with Crippen LogP contribution in [0.1, 0.15) is 62.6 Å². The normalized spacial score (nSPS) is 26.8. The molecule has 0 aliphatic heterocycles. The van der Waals surface area contributed by atoms with E-state index in [1.165, 1.54) is 51.5 Å². The largest absolute Gasteiger partial charge is 0.312 e. The van der Waals surface area contributed by atoms with Gasteiger partial charge in [0.05, 0.1) is 0 Å². The monoisotopic (exact) mass is 286 g/mol. The zero-order valence-corrected chi connectivity index (χ0v) is 13.6. The van der Waals surface area contributed by atoms with Crippen molar-refractivity contribution in [3.8, 4) is 0 Å². The molecular formula is C19H30N2. The van der Waals surface area contributed by atoms with Crippen LogP contribution in [0.5, 0.6) is 0 Å². The van der Waals surface area contributed by atoms with Crippen molar-refractivity contribution < 1.29 is 0 Å². The second kappa shape index (κ2) is 6.93. The van der Waals surface area contributed by atoms with Crippen LogP contribution >= 0.6 is 0 Å². The average molecular weight is 286 g/mol. The predicted octanol–water partition coefficient (Wildman–Crippen LogP) is 3.92. The average Bonchev–Trinajstić information content (AvgIpc) is 2.97. The fraction of sp³-hybridized carbons (Fsp3) is 0.684. The van der Waals surface area contributed by atoms with Gasteiger partial charge in [-0.3, -0.25) is 4.90 Å². The van der Waals surface area contributed by atoms with Crippen LogP contribution in [-0.2, 0) is 6.42 Å². The Morgan fingerprint density at radius 3 is 2.57 bits per heavy atom. The Kier molecular flexibility index (Phi) is 4.97. The zero-order valence-electron chi connectivity index (χ0n) is 13.6. The van der Waals surface area contributed by atoms with E-state index in [2.05, 4.69) is 48.5 Å². The third kappa shape index (κ3) is 3.02. The summed E-state index contributed by atoms with van der Waals surface area (Å²) >= 11 is 0. The van der Waals surface area contributed by atoms with Crippen molar-refractivity contribution in [3.63, 3.8) is 0 Å².